The Bertz CT molecular complexity index is 2830. The molecule has 0 radical (unpaired) electrons. The summed E-state index contributed by atoms with van der Waals surface area (Å²) in [6.07, 6.45) is 0. The van der Waals surface area contributed by atoms with Crippen LogP contribution in [0.5, 0.6) is 0 Å². The summed E-state index contributed by atoms with van der Waals surface area (Å²) in [5, 5.41) is 5.11. The number of anilines is 3. The second-order valence-electron chi connectivity index (χ2n) is 13.0. The molecule has 0 fully saturated rings. The van der Waals surface area contributed by atoms with Gasteiger partial charge in [0.1, 0.15) is 0 Å². The largest absolute Gasteiger partial charge is 0.310 e. The number of aromatic nitrogens is 1. The molecule has 0 aliphatic carbocycles. The molecule has 0 bridgehead atoms. The highest BCUT2D eigenvalue weighted by Crippen LogP contribution is 2.41. The third-order valence-electron chi connectivity index (χ3n) is 10.00. The van der Waals surface area contributed by atoms with Gasteiger partial charge in [-0.15, -0.1) is 11.3 Å². The number of thiophene rings is 1. The lowest BCUT2D eigenvalue weighted by Crippen LogP contribution is -2.10. The lowest BCUT2D eigenvalue weighted by atomic mass is 10.0. The SMILES string of the molecule is c1ccc(-c2ccc(N(c3ccc(-c4ccc5sc6ccccc6c5c4)cc3)c3ccc4c(c3)c3ccccc3n4-c3ccccc3)cc2)cc1. The Morgan fingerprint density at radius 3 is 1.61 bits per heavy atom. The quantitative estimate of drug-likeness (QED) is 0.171. The molecule has 2 nitrogen and oxygen atoms in total. The summed E-state index contributed by atoms with van der Waals surface area (Å²) in [5.41, 5.74) is 11.7. The maximum atomic E-state index is 2.38. The Morgan fingerprint density at radius 1 is 0.333 bits per heavy atom. The minimum absolute atomic E-state index is 1.11. The minimum Gasteiger partial charge on any atom is -0.310 e. The van der Waals surface area contributed by atoms with Crippen LogP contribution < -0.4 is 4.90 Å². The molecule has 240 valence electrons. The normalized spacial score (nSPS) is 11.5. The summed E-state index contributed by atoms with van der Waals surface area (Å²) >= 11 is 1.86. The smallest absolute Gasteiger partial charge is 0.0542 e. The highest BCUT2D eigenvalue weighted by molar-refractivity contribution is 7.25. The number of hydrogen-bond donors (Lipinski definition) is 0. The van der Waals surface area contributed by atoms with Crippen molar-refractivity contribution in [3.8, 4) is 27.9 Å². The first kappa shape index (κ1) is 29.5. The van der Waals surface area contributed by atoms with Gasteiger partial charge in [0.15, 0.2) is 0 Å². The summed E-state index contributed by atoms with van der Waals surface area (Å²) in [4.78, 5) is 2.38. The van der Waals surface area contributed by atoms with Crippen molar-refractivity contribution in [3.63, 3.8) is 0 Å². The van der Waals surface area contributed by atoms with Gasteiger partial charge in [-0.25, -0.2) is 0 Å². The van der Waals surface area contributed by atoms with Crippen LogP contribution in [-0.4, -0.2) is 4.57 Å². The van der Waals surface area contributed by atoms with E-state index in [0.29, 0.717) is 0 Å². The number of benzene rings is 8. The molecular formula is C48H32N2S. The van der Waals surface area contributed by atoms with Crippen molar-refractivity contribution < 1.29 is 0 Å². The Balaban J connectivity index is 1.11. The van der Waals surface area contributed by atoms with Gasteiger partial charge in [0, 0.05) is 53.7 Å². The van der Waals surface area contributed by atoms with Gasteiger partial charge in [-0.3, -0.25) is 0 Å². The second-order valence-corrected chi connectivity index (χ2v) is 14.1. The lowest BCUT2D eigenvalue weighted by molar-refractivity contribution is 1.18. The molecule has 3 heteroatoms. The fourth-order valence-electron chi connectivity index (χ4n) is 7.54. The van der Waals surface area contributed by atoms with E-state index in [1.807, 2.05) is 11.3 Å². The van der Waals surface area contributed by atoms with E-state index in [4.69, 9.17) is 0 Å². The molecule has 0 atom stereocenters. The zero-order valence-electron chi connectivity index (χ0n) is 27.8. The van der Waals surface area contributed by atoms with Crippen LogP contribution in [0, 0.1) is 0 Å². The summed E-state index contributed by atoms with van der Waals surface area (Å²) in [7, 11) is 0. The molecule has 8 aromatic carbocycles. The monoisotopic (exact) mass is 668 g/mol. The van der Waals surface area contributed by atoms with Crippen molar-refractivity contribution in [2.75, 3.05) is 4.90 Å². The van der Waals surface area contributed by atoms with Gasteiger partial charge in [0.25, 0.3) is 0 Å². The first-order valence-electron chi connectivity index (χ1n) is 17.3. The highest BCUT2D eigenvalue weighted by atomic mass is 32.1. The standard InChI is InChI=1S/C48H32N2S/c1-3-11-33(12-4-1)34-19-24-38(25-20-34)49(39-26-21-35(22-27-39)36-23-30-48-44(31-36)42-16-8-10-18-47(42)51-48)40-28-29-46-43(32-40)41-15-7-9-17-45(41)50(46)37-13-5-2-6-14-37/h1-32H. The van der Waals surface area contributed by atoms with Crippen LogP contribution in [0.25, 0.3) is 69.9 Å². The van der Waals surface area contributed by atoms with Crippen LogP contribution in [0.4, 0.5) is 17.1 Å². The first-order chi connectivity index (χ1) is 25.3. The Hall–Kier alpha value is -6.42. The van der Waals surface area contributed by atoms with Crippen LogP contribution in [-0.2, 0) is 0 Å². The predicted octanol–water partition coefficient (Wildman–Crippen LogP) is 14.0. The van der Waals surface area contributed by atoms with Crippen molar-refractivity contribution in [2.45, 2.75) is 0 Å². The summed E-state index contributed by atoms with van der Waals surface area (Å²) in [6, 6.07) is 70.4. The van der Waals surface area contributed by atoms with E-state index < -0.39 is 0 Å². The van der Waals surface area contributed by atoms with E-state index in [0.717, 1.165) is 22.7 Å². The van der Waals surface area contributed by atoms with E-state index >= 15 is 0 Å². The molecule has 0 N–H and O–H groups in total. The van der Waals surface area contributed by atoms with Crippen molar-refractivity contribution >= 4 is 70.4 Å². The number of para-hydroxylation sites is 2. The maximum absolute atomic E-state index is 2.38. The van der Waals surface area contributed by atoms with Crippen molar-refractivity contribution in [1.82, 2.24) is 4.57 Å². The van der Waals surface area contributed by atoms with Gasteiger partial charge >= 0.3 is 0 Å². The third kappa shape index (κ3) is 5.10. The molecule has 2 aromatic heterocycles. The zero-order valence-corrected chi connectivity index (χ0v) is 28.6. The van der Waals surface area contributed by atoms with Crippen LogP contribution in [0.3, 0.4) is 0 Å². The summed E-state index contributed by atoms with van der Waals surface area (Å²) < 4.78 is 5.03. The molecule has 0 amide bonds. The van der Waals surface area contributed by atoms with Crippen LogP contribution in [0.2, 0.25) is 0 Å². The molecule has 10 rings (SSSR count). The van der Waals surface area contributed by atoms with E-state index in [2.05, 4.69) is 204 Å². The summed E-state index contributed by atoms with van der Waals surface area (Å²) in [6.45, 7) is 0. The van der Waals surface area contributed by atoms with Crippen molar-refractivity contribution in [3.05, 3.63) is 194 Å². The highest BCUT2D eigenvalue weighted by Gasteiger charge is 2.18. The van der Waals surface area contributed by atoms with Crippen molar-refractivity contribution in [2.24, 2.45) is 0 Å². The molecule has 10 aromatic rings. The van der Waals surface area contributed by atoms with E-state index in [1.54, 1.807) is 0 Å². The van der Waals surface area contributed by atoms with Crippen LogP contribution in [0.1, 0.15) is 0 Å². The van der Waals surface area contributed by atoms with E-state index in [1.165, 1.54) is 64.2 Å². The van der Waals surface area contributed by atoms with Crippen LogP contribution in [0.15, 0.2) is 194 Å². The van der Waals surface area contributed by atoms with E-state index in [9.17, 15) is 0 Å². The maximum Gasteiger partial charge on any atom is 0.0542 e. The Labute approximate surface area is 300 Å². The summed E-state index contributed by atoms with van der Waals surface area (Å²) in [5.74, 6) is 0. The number of rotatable bonds is 6. The van der Waals surface area contributed by atoms with Gasteiger partial charge in [0.05, 0.1) is 11.0 Å². The molecule has 51 heavy (non-hydrogen) atoms. The number of fused-ring (bicyclic) bond motifs is 6. The molecule has 0 saturated heterocycles. The molecule has 0 spiro atoms. The lowest BCUT2D eigenvalue weighted by Gasteiger charge is -2.26. The molecule has 0 aliphatic rings. The fourth-order valence-corrected chi connectivity index (χ4v) is 8.63. The molecule has 0 aliphatic heterocycles. The van der Waals surface area contributed by atoms with Gasteiger partial charge in [0.2, 0.25) is 0 Å². The fraction of sp³-hybridized carbons (Fsp3) is 0. The molecular weight excluding hydrogens is 637 g/mol. The first-order valence-corrected chi connectivity index (χ1v) is 18.2. The van der Waals surface area contributed by atoms with Crippen molar-refractivity contribution in [1.29, 1.82) is 0 Å². The van der Waals surface area contributed by atoms with Gasteiger partial charge in [-0.05, 0) is 101 Å². The number of nitrogens with zero attached hydrogens (tertiary/aromatic N) is 2. The third-order valence-corrected chi connectivity index (χ3v) is 11.1. The van der Waals surface area contributed by atoms with Crippen LogP contribution >= 0.6 is 11.3 Å². The zero-order chi connectivity index (χ0) is 33.7. The van der Waals surface area contributed by atoms with E-state index in [-0.39, 0.29) is 0 Å². The molecule has 0 unspecified atom stereocenters. The Morgan fingerprint density at radius 2 is 0.863 bits per heavy atom. The average Bonchev–Trinajstić information content (AvgIpc) is 3.74. The van der Waals surface area contributed by atoms with Gasteiger partial charge < -0.3 is 9.47 Å². The Kier molecular flexibility index (Phi) is 7.04. The topological polar surface area (TPSA) is 8.17 Å². The molecule has 0 saturated carbocycles. The number of hydrogen-bond acceptors (Lipinski definition) is 2. The predicted molar refractivity (Wildman–Crippen MR) is 219 cm³/mol. The minimum atomic E-state index is 1.11. The second kappa shape index (κ2) is 12.2. The molecule has 2 heterocycles. The van der Waals surface area contributed by atoms with Gasteiger partial charge in [-0.2, -0.15) is 0 Å². The van der Waals surface area contributed by atoms with Gasteiger partial charge in [-0.1, -0.05) is 115 Å². The average molecular weight is 669 g/mol.